The Bertz CT molecular complexity index is 179. The largest absolute Gasteiger partial charge is 0.314 e. The van der Waals surface area contributed by atoms with Crippen LogP contribution in [0.3, 0.4) is 0 Å². The summed E-state index contributed by atoms with van der Waals surface area (Å²) in [6.07, 6.45) is 16.7. The van der Waals surface area contributed by atoms with Gasteiger partial charge in [0.2, 0.25) is 0 Å². The van der Waals surface area contributed by atoms with Crippen molar-refractivity contribution in [1.29, 1.82) is 0 Å². The van der Waals surface area contributed by atoms with Crippen molar-refractivity contribution in [2.75, 3.05) is 6.54 Å². The highest BCUT2D eigenvalue weighted by atomic mass is 14.9. The lowest BCUT2D eigenvalue weighted by Crippen LogP contribution is -2.28. The number of hydrogen-bond acceptors (Lipinski definition) is 1. The van der Waals surface area contributed by atoms with E-state index in [1.54, 1.807) is 0 Å². The zero-order valence-corrected chi connectivity index (χ0v) is 14.8. The minimum absolute atomic E-state index is 0.713. The lowest BCUT2D eigenvalue weighted by Gasteiger charge is -2.19. The summed E-state index contributed by atoms with van der Waals surface area (Å²) in [5.74, 6) is 0.964. The SMILES string of the molecule is CCCCCCC(C)NCCC(CCC)CCCCC. The topological polar surface area (TPSA) is 12.0 Å². The standard InChI is InChI=1S/C19H41N/c1-5-8-10-12-14-18(4)20-17-16-19(13-7-3)15-11-9-6-2/h18-20H,5-17H2,1-4H3. The lowest BCUT2D eigenvalue weighted by atomic mass is 9.93. The third-order valence-corrected chi connectivity index (χ3v) is 4.45. The Morgan fingerprint density at radius 2 is 1.30 bits per heavy atom. The van der Waals surface area contributed by atoms with Gasteiger partial charge < -0.3 is 5.32 Å². The van der Waals surface area contributed by atoms with Crippen LogP contribution in [0.4, 0.5) is 0 Å². The molecule has 20 heavy (non-hydrogen) atoms. The van der Waals surface area contributed by atoms with E-state index in [1.807, 2.05) is 0 Å². The normalized spacial score (nSPS) is 14.4. The van der Waals surface area contributed by atoms with E-state index >= 15 is 0 Å². The number of nitrogens with one attached hydrogen (secondary N) is 1. The monoisotopic (exact) mass is 283 g/mol. The molecule has 1 N–H and O–H groups in total. The minimum atomic E-state index is 0.713. The first-order valence-corrected chi connectivity index (χ1v) is 9.47. The molecule has 2 unspecified atom stereocenters. The Labute approximate surface area is 129 Å². The summed E-state index contributed by atoms with van der Waals surface area (Å²) in [5, 5.41) is 3.74. The Balaban J connectivity index is 3.59. The van der Waals surface area contributed by atoms with Crippen molar-refractivity contribution in [3.8, 4) is 0 Å². The Hall–Kier alpha value is -0.0400. The van der Waals surface area contributed by atoms with Gasteiger partial charge in [-0.25, -0.2) is 0 Å². The number of rotatable bonds is 15. The van der Waals surface area contributed by atoms with E-state index in [9.17, 15) is 0 Å². The maximum atomic E-state index is 3.74. The predicted molar refractivity (Wildman–Crippen MR) is 93.4 cm³/mol. The maximum Gasteiger partial charge on any atom is 0.00387 e. The molecule has 0 aliphatic carbocycles. The molecule has 0 radical (unpaired) electrons. The van der Waals surface area contributed by atoms with Crippen molar-refractivity contribution in [3.63, 3.8) is 0 Å². The van der Waals surface area contributed by atoms with Crippen LogP contribution in [-0.2, 0) is 0 Å². The fraction of sp³-hybridized carbons (Fsp3) is 1.00. The van der Waals surface area contributed by atoms with Gasteiger partial charge in [-0.05, 0) is 32.2 Å². The van der Waals surface area contributed by atoms with E-state index in [1.165, 1.54) is 83.6 Å². The van der Waals surface area contributed by atoms with Crippen LogP contribution in [0.1, 0.15) is 105 Å². The lowest BCUT2D eigenvalue weighted by molar-refractivity contribution is 0.373. The molecule has 0 aromatic carbocycles. The van der Waals surface area contributed by atoms with E-state index in [0.717, 1.165) is 5.92 Å². The summed E-state index contributed by atoms with van der Waals surface area (Å²) in [6.45, 7) is 10.5. The molecule has 0 saturated carbocycles. The summed E-state index contributed by atoms with van der Waals surface area (Å²) < 4.78 is 0. The minimum Gasteiger partial charge on any atom is -0.314 e. The summed E-state index contributed by atoms with van der Waals surface area (Å²) in [7, 11) is 0. The van der Waals surface area contributed by atoms with Gasteiger partial charge in [0.1, 0.15) is 0 Å². The third-order valence-electron chi connectivity index (χ3n) is 4.45. The van der Waals surface area contributed by atoms with Crippen LogP contribution < -0.4 is 5.32 Å². The molecule has 2 atom stereocenters. The maximum absolute atomic E-state index is 3.74. The second-order valence-corrected chi connectivity index (χ2v) is 6.64. The molecule has 1 nitrogen and oxygen atoms in total. The van der Waals surface area contributed by atoms with E-state index in [0.29, 0.717) is 6.04 Å². The summed E-state index contributed by atoms with van der Waals surface area (Å²) in [4.78, 5) is 0. The van der Waals surface area contributed by atoms with Crippen molar-refractivity contribution in [3.05, 3.63) is 0 Å². The quantitative estimate of drug-likeness (QED) is 0.347. The molecule has 0 amide bonds. The highest BCUT2D eigenvalue weighted by molar-refractivity contribution is 4.65. The van der Waals surface area contributed by atoms with Crippen molar-refractivity contribution >= 4 is 0 Å². The van der Waals surface area contributed by atoms with E-state index in [4.69, 9.17) is 0 Å². The van der Waals surface area contributed by atoms with E-state index in [2.05, 4.69) is 33.0 Å². The number of hydrogen-bond donors (Lipinski definition) is 1. The molecule has 0 rings (SSSR count). The Morgan fingerprint density at radius 3 is 1.95 bits per heavy atom. The summed E-state index contributed by atoms with van der Waals surface area (Å²) >= 11 is 0. The molecule has 122 valence electrons. The van der Waals surface area contributed by atoms with Gasteiger partial charge in [0, 0.05) is 6.04 Å². The van der Waals surface area contributed by atoms with Gasteiger partial charge in [0.05, 0.1) is 0 Å². The zero-order chi connectivity index (χ0) is 15.1. The average molecular weight is 284 g/mol. The second kappa shape index (κ2) is 15.4. The molecule has 0 bridgehead atoms. The van der Waals surface area contributed by atoms with Crippen molar-refractivity contribution < 1.29 is 0 Å². The van der Waals surface area contributed by atoms with Gasteiger partial charge in [-0.1, -0.05) is 85.0 Å². The van der Waals surface area contributed by atoms with E-state index < -0.39 is 0 Å². The van der Waals surface area contributed by atoms with Crippen LogP contribution in [0.2, 0.25) is 0 Å². The fourth-order valence-electron chi connectivity index (χ4n) is 3.04. The molecule has 0 aliphatic heterocycles. The Morgan fingerprint density at radius 1 is 0.650 bits per heavy atom. The average Bonchev–Trinajstić information content (AvgIpc) is 2.44. The smallest absolute Gasteiger partial charge is 0.00387 e. The van der Waals surface area contributed by atoms with Crippen LogP contribution in [0.15, 0.2) is 0 Å². The van der Waals surface area contributed by atoms with Crippen molar-refractivity contribution in [2.24, 2.45) is 5.92 Å². The molecule has 1 heteroatoms. The third kappa shape index (κ3) is 13.0. The van der Waals surface area contributed by atoms with Gasteiger partial charge in [-0.2, -0.15) is 0 Å². The highest BCUT2D eigenvalue weighted by Gasteiger charge is 2.08. The van der Waals surface area contributed by atoms with E-state index in [-0.39, 0.29) is 0 Å². The highest BCUT2D eigenvalue weighted by Crippen LogP contribution is 2.19. The predicted octanol–water partition coefficient (Wildman–Crippen LogP) is 6.32. The fourth-order valence-corrected chi connectivity index (χ4v) is 3.04. The van der Waals surface area contributed by atoms with Crippen LogP contribution in [0.5, 0.6) is 0 Å². The van der Waals surface area contributed by atoms with Gasteiger partial charge in [0.25, 0.3) is 0 Å². The van der Waals surface area contributed by atoms with Crippen molar-refractivity contribution in [1.82, 2.24) is 5.32 Å². The molecule has 0 saturated heterocycles. The van der Waals surface area contributed by atoms with Crippen LogP contribution in [0, 0.1) is 5.92 Å². The first kappa shape index (κ1) is 20.0. The molecule has 0 aromatic heterocycles. The second-order valence-electron chi connectivity index (χ2n) is 6.64. The molecular formula is C19H41N. The van der Waals surface area contributed by atoms with Crippen LogP contribution >= 0.6 is 0 Å². The zero-order valence-electron chi connectivity index (χ0n) is 14.8. The first-order chi connectivity index (χ1) is 9.74. The van der Waals surface area contributed by atoms with Gasteiger partial charge in [0.15, 0.2) is 0 Å². The molecular weight excluding hydrogens is 242 g/mol. The summed E-state index contributed by atoms with van der Waals surface area (Å²) in [6, 6.07) is 0.713. The van der Waals surface area contributed by atoms with Gasteiger partial charge >= 0.3 is 0 Å². The number of unbranched alkanes of at least 4 members (excludes halogenated alkanes) is 5. The van der Waals surface area contributed by atoms with Gasteiger partial charge in [-0.3, -0.25) is 0 Å². The van der Waals surface area contributed by atoms with Crippen molar-refractivity contribution in [2.45, 2.75) is 111 Å². The molecule has 0 heterocycles. The summed E-state index contributed by atoms with van der Waals surface area (Å²) in [5.41, 5.74) is 0. The molecule has 0 fully saturated rings. The Kier molecular flexibility index (Phi) is 15.3. The first-order valence-electron chi connectivity index (χ1n) is 9.47. The van der Waals surface area contributed by atoms with Gasteiger partial charge in [-0.15, -0.1) is 0 Å². The molecule has 0 spiro atoms. The molecule has 0 aromatic rings. The van der Waals surface area contributed by atoms with Crippen LogP contribution in [0.25, 0.3) is 0 Å². The molecule has 0 aliphatic rings. The van der Waals surface area contributed by atoms with Crippen LogP contribution in [-0.4, -0.2) is 12.6 Å².